The molecule has 3 rings (SSSR count). The first kappa shape index (κ1) is 28.9. The van der Waals surface area contributed by atoms with E-state index < -0.39 is 28.5 Å². The van der Waals surface area contributed by atoms with Crippen LogP contribution in [0.25, 0.3) is 0 Å². The first-order valence-corrected chi connectivity index (χ1v) is 14.5. The van der Waals surface area contributed by atoms with E-state index in [9.17, 15) is 18.0 Å². The van der Waals surface area contributed by atoms with E-state index in [1.807, 2.05) is 13.8 Å². The van der Waals surface area contributed by atoms with Crippen LogP contribution < -0.4 is 19.1 Å². The summed E-state index contributed by atoms with van der Waals surface area (Å²) >= 11 is 12.4. The highest BCUT2D eigenvalue weighted by molar-refractivity contribution is 7.92. The quantitative estimate of drug-likeness (QED) is 0.433. The summed E-state index contributed by atoms with van der Waals surface area (Å²) in [5.41, 5.74) is 0.810. The Morgan fingerprint density at radius 3 is 2.38 bits per heavy atom. The summed E-state index contributed by atoms with van der Waals surface area (Å²) in [7, 11) is -3.88. The molecule has 1 aliphatic heterocycles. The van der Waals surface area contributed by atoms with Gasteiger partial charge >= 0.3 is 0 Å². The lowest BCUT2D eigenvalue weighted by Gasteiger charge is -2.33. The number of carbonyl (C=O) groups is 2. The molecular weight excluding hydrogens is 541 g/mol. The minimum atomic E-state index is -3.88. The van der Waals surface area contributed by atoms with Crippen molar-refractivity contribution in [1.29, 1.82) is 0 Å². The average Bonchev–Trinajstić information content (AvgIpc) is 3.30. The molecule has 12 heteroatoms. The lowest BCUT2D eigenvalue weighted by Crippen LogP contribution is -2.53. The zero-order valence-electron chi connectivity index (χ0n) is 21.2. The molecule has 0 aliphatic carbocycles. The molecule has 0 saturated heterocycles. The average molecular weight is 573 g/mol. The number of hydrogen-bond acceptors (Lipinski definition) is 6. The van der Waals surface area contributed by atoms with Crippen molar-refractivity contribution in [2.45, 2.75) is 52.2 Å². The molecule has 2 amide bonds. The van der Waals surface area contributed by atoms with Crippen molar-refractivity contribution >= 4 is 50.7 Å². The molecule has 0 saturated carbocycles. The predicted octanol–water partition coefficient (Wildman–Crippen LogP) is 4.21. The lowest BCUT2D eigenvalue weighted by atomic mass is 10.1. The Labute approximate surface area is 227 Å². The Bertz CT molecular complexity index is 1260. The maximum absolute atomic E-state index is 13.8. The van der Waals surface area contributed by atoms with Crippen molar-refractivity contribution in [2.75, 3.05) is 23.9 Å². The molecule has 0 bridgehead atoms. The summed E-state index contributed by atoms with van der Waals surface area (Å²) < 4.78 is 37.2. The smallest absolute Gasteiger partial charge is 0.244 e. The van der Waals surface area contributed by atoms with Crippen LogP contribution in [-0.4, -0.2) is 56.8 Å². The highest BCUT2D eigenvalue weighted by Crippen LogP contribution is 2.36. The number of sulfonamides is 1. The van der Waals surface area contributed by atoms with E-state index in [2.05, 4.69) is 5.32 Å². The Balaban J connectivity index is 1.97. The zero-order chi connectivity index (χ0) is 27.3. The van der Waals surface area contributed by atoms with Crippen LogP contribution in [0.15, 0.2) is 36.4 Å². The van der Waals surface area contributed by atoms with Gasteiger partial charge in [-0.25, -0.2) is 8.42 Å². The summed E-state index contributed by atoms with van der Waals surface area (Å²) in [5.74, 6) is -0.0393. The number of anilines is 1. The SMILES string of the molecule is CC[C@@H](C)NC(=O)[C@@H](CC)N(Cc1ccc(Cl)cc1Cl)C(=O)CN(c1ccc2c(c1)OCO2)S(C)(=O)=O. The second-order valence-corrected chi connectivity index (χ2v) is 11.6. The number of benzene rings is 2. The van der Waals surface area contributed by atoms with E-state index in [1.165, 1.54) is 17.0 Å². The molecule has 0 aromatic heterocycles. The normalized spacial score (nSPS) is 14.1. The van der Waals surface area contributed by atoms with Gasteiger partial charge in [-0.3, -0.25) is 13.9 Å². The summed E-state index contributed by atoms with van der Waals surface area (Å²) in [5, 5.41) is 3.68. The van der Waals surface area contributed by atoms with Crippen LogP contribution in [0.5, 0.6) is 11.5 Å². The van der Waals surface area contributed by atoms with Crippen LogP contribution in [0.4, 0.5) is 5.69 Å². The minimum Gasteiger partial charge on any atom is -0.454 e. The number of rotatable bonds is 11. The topological polar surface area (TPSA) is 105 Å². The summed E-state index contributed by atoms with van der Waals surface area (Å²) in [6.45, 7) is 5.08. The molecule has 1 N–H and O–H groups in total. The number of nitrogens with one attached hydrogen (secondary N) is 1. The van der Waals surface area contributed by atoms with Crippen LogP contribution in [0.2, 0.25) is 10.0 Å². The van der Waals surface area contributed by atoms with E-state index in [0.717, 1.165) is 10.6 Å². The van der Waals surface area contributed by atoms with Crippen molar-refractivity contribution in [3.05, 3.63) is 52.0 Å². The van der Waals surface area contributed by atoms with Crippen LogP contribution >= 0.6 is 23.2 Å². The molecular formula is C25H31Cl2N3O6S. The van der Waals surface area contributed by atoms with E-state index >= 15 is 0 Å². The summed E-state index contributed by atoms with van der Waals surface area (Å²) in [6.07, 6.45) is 2.03. The first-order chi connectivity index (χ1) is 17.4. The second-order valence-electron chi connectivity index (χ2n) is 8.81. The number of nitrogens with zero attached hydrogens (tertiary/aromatic N) is 2. The van der Waals surface area contributed by atoms with Gasteiger partial charge in [-0.2, -0.15) is 0 Å². The van der Waals surface area contributed by atoms with Gasteiger partial charge in [0.25, 0.3) is 0 Å². The fraction of sp³-hybridized carbons (Fsp3) is 0.440. The number of carbonyl (C=O) groups excluding carboxylic acids is 2. The zero-order valence-corrected chi connectivity index (χ0v) is 23.5. The molecule has 0 radical (unpaired) electrons. The third kappa shape index (κ3) is 7.21. The summed E-state index contributed by atoms with van der Waals surface area (Å²) in [6, 6.07) is 8.54. The monoisotopic (exact) mass is 571 g/mol. The Morgan fingerprint density at radius 2 is 1.76 bits per heavy atom. The fourth-order valence-corrected chi connectivity index (χ4v) is 5.16. The van der Waals surface area contributed by atoms with Gasteiger partial charge in [-0.05, 0) is 49.6 Å². The molecule has 37 heavy (non-hydrogen) atoms. The van der Waals surface area contributed by atoms with Gasteiger partial charge in [0.05, 0.1) is 11.9 Å². The van der Waals surface area contributed by atoms with Gasteiger partial charge in [0.15, 0.2) is 11.5 Å². The molecule has 2 atom stereocenters. The maximum atomic E-state index is 13.8. The third-order valence-electron chi connectivity index (χ3n) is 6.07. The van der Waals surface area contributed by atoms with Crippen LogP contribution in [0, 0.1) is 0 Å². The van der Waals surface area contributed by atoms with Gasteiger partial charge in [-0.1, -0.05) is 43.1 Å². The van der Waals surface area contributed by atoms with E-state index in [-0.39, 0.29) is 31.0 Å². The number of hydrogen-bond donors (Lipinski definition) is 1. The van der Waals surface area contributed by atoms with Crippen LogP contribution in [-0.2, 0) is 26.2 Å². The highest BCUT2D eigenvalue weighted by atomic mass is 35.5. The van der Waals surface area contributed by atoms with Gasteiger partial charge in [0, 0.05) is 28.7 Å². The number of ether oxygens (including phenoxy) is 2. The molecule has 202 valence electrons. The van der Waals surface area contributed by atoms with Gasteiger partial charge < -0.3 is 19.7 Å². The Hall–Kier alpha value is -2.69. The van der Waals surface area contributed by atoms with Gasteiger partial charge in [-0.15, -0.1) is 0 Å². The molecule has 1 heterocycles. The molecule has 0 unspecified atom stereocenters. The molecule has 2 aromatic carbocycles. The predicted molar refractivity (Wildman–Crippen MR) is 144 cm³/mol. The maximum Gasteiger partial charge on any atom is 0.244 e. The second kappa shape index (κ2) is 12.2. The van der Waals surface area contributed by atoms with Crippen LogP contribution in [0.3, 0.4) is 0 Å². The number of halogens is 2. The van der Waals surface area contributed by atoms with Gasteiger partial charge in [0.2, 0.25) is 28.6 Å². The third-order valence-corrected chi connectivity index (χ3v) is 7.79. The molecule has 0 spiro atoms. The van der Waals surface area contributed by atoms with E-state index in [1.54, 1.807) is 31.2 Å². The Morgan fingerprint density at radius 1 is 1.05 bits per heavy atom. The van der Waals surface area contributed by atoms with Gasteiger partial charge in [0.1, 0.15) is 12.6 Å². The number of fused-ring (bicyclic) bond motifs is 1. The Kier molecular flexibility index (Phi) is 9.55. The van der Waals surface area contributed by atoms with Crippen molar-refractivity contribution in [3.8, 4) is 11.5 Å². The van der Waals surface area contributed by atoms with Crippen molar-refractivity contribution in [1.82, 2.24) is 10.2 Å². The molecule has 1 aliphatic rings. The fourth-order valence-electron chi connectivity index (χ4n) is 3.85. The lowest BCUT2D eigenvalue weighted by molar-refractivity contribution is -0.140. The van der Waals surface area contributed by atoms with E-state index in [0.29, 0.717) is 39.9 Å². The van der Waals surface area contributed by atoms with Crippen molar-refractivity contribution < 1.29 is 27.5 Å². The largest absolute Gasteiger partial charge is 0.454 e. The van der Waals surface area contributed by atoms with Crippen molar-refractivity contribution in [2.24, 2.45) is 0 Å². The minimum absolute atomic E-state index is 0.0139. The number of amides is 2. The molecule has 2 aromatic rings. The molecule has 0 fully saturated rings. The van der Waals surface area contributed by atoms with Crippen molar-refractivity contribution in [3.63, 3.8) is 0 Å². The highest BCUT2D eigenvalue weighted by Gasteiger charge is 2.33. The molecule has 9 nitrogen and oxygen atoms in total. The first-order valence-electron chi connectivity index (χ1n) is 11.9. The standard InChI is InChI=1S/C25H31Cl2N3O6S/c1-5-16(3)28-25(32)21(6-2)29(13-17-7-8-18(26)11-20(17)27)24(31)14-30(37(4,33)34)19-9-10-22-23(12-19)36-15-35-22/h7-12,16,21H,5-6,13-15H2,1-4H3,(H,28,32)/t16-,21-/m1/s1. The van der Waals surface area contributed by atoms with E-state index in [4.69, 9.17) is 32.7 Å². The van der Waals surface area contributed by atoms with Crippen LogP contribution in [0.1, 0.15) is 39.2 Å². The summed E-state index contributed by atoms with van der Waals surface area (Å²) in [4.78, 5) is 28.3.